The fourth-order valence-electron chi connectivity index (χ4n) is 1.73. The van der Waals surface area contributed by atoms with Crippen LogP contribution < -0.4 is 15.8 Å². The second-order valence-electron chi connectivity index (χ2n) is 4.55. The van der Waals surface area contributed by atoms with Crippen LogP contribution in [0.25, 0.3) is 0 Å². The highest BCUT2D eigenvalue weighted by atomic mass is 35.5. The molecule has 2 rings (SSSR count). The molecule has 0 fully saturated rings. The van der Waals surface area contributed by atoms with E-state index in [1.807, 2.05) is 6.92 Å². The SMILES string of the molecule is CCCOc1ccc(Cl)cc1NC(=O)c1n[nH]c(C)c1N. The summed E-state index contributed by atoms with van der Waals surface area (Å²) in [6.07, 6.45) is 0.863. The van der Waals surface area contributed by atoms with Gasteiger partial charge in [-0.15, -0.1) is 0 Å². The van der Waals surface area contributed by atoms with Gasteiger partial charge in [0.15, 0.2) is 5.69 Å². The zero-order valence-electron chi connectivity index (χ0n) is 11.9. The monoisotopic (exact) mass is 308 g/mol. The number of aromatic amines is 1. The number of aromatic nitrogens is 2. The van der Waals surface area contributed by atoms with Gasteiger partial charge in [0.2, 0.25) is 0 Å². The molecule has 2 aromatic rings. The van der Waals surface area contributed by atoms with Gasteiger partial charge in [-0.1, -0.05) is 18.5 Å². The predicted molar refractivity (Wildman–Crippen MR) is 82.9 cm³/mol. The van der Waals surface area contributed by atoms with Crippen LogP contribution in [0, 0.1) is 6.92 Å². The lowest BCUT2D eigenvalue weighted by Gasteiger charge is -2.12. The van der Waals surface area contributed by atoms with Crippen molar-refractivity contribution < 1.29 is 9.53 Å². The molecule has 0 saturated heterocycles. The zero-order chi connectivity index (χ0) is 15.4. The summed E-state index contributed by atoms with van der Waals surface area (Å²) in [6.45, 7) is 4.30. The van der Waals surface area contributed by atoms with Gasteiger partial charge in [-0.2, -0.15) is 5.10 Å². The minimum atomic E-state index is -0.416. The third-order valence-corrected chi connectivity index (χ3v) is 3.10. The molecule has 1 aromatic carbocycles. The summed E-state index contributed by atoms with van der Waals surface area (Å²) < 4.78 is 5.58. The zero-order valence-corrected chi connectivity index (χ0v) is 12.6. The number of H-pyrrole nitrogens is 1. The number of benzene rings is 1. The van der Waals surface area contributed by atoms with Crippen molar-refractivity contribution in [3.8, 4) is 5.75 Å². The second-order valence-corrected chi connectivity index (χ2v) is 4.99. The average Bonchev–Trinajstić information content (AvgIpc) is 2.78. The van der Waals surface area contributed by atoms with E-state index in [1.165, 1.54) is 0 Å². The molecule has 112 valence electrons. The molecule has 7 heteroatoms. The van der Waals surface area contributed by atoms with Crippen molar-refractivity contribution in [2.75, 3.05) is 17.7 Å². The van der Waals surface area contributed by atoms with Crippen molar-refractivity contribution in [1.29, 1.82) is 0 Å². The molecule has 0 bridgehead atoms. The molecule has 0 saturated carbocycles. The van der Waals surface area contributed by atoms with E-state index in [0.29, 0.717) is 34.4 Å². The lowest BCUT2D eigenvalue weighted by atomic mass is 10.2. The number of halogens is 1. The van der Waals surface area contributed by atoms with Gasteiger partial charge in [-0.3, -0.25) is 9.89 Å². The number of hydrogen-bond donors (Lipinski definition) is 3. The van der Waals surface area contributed by atoms with E-state index >= 15 is 0 Å². The normalized spacial score (nSPS) is 10.4. The van der Waals surface area contributed by atoms with Gasteiger partial charge in [0.05, 0.1) is 23.7 Å². The van der Waals surface area contributed by atoms with Crippen molar-refractivity contribution in [1.82, 2.24) is 10.2 Å². The van der Waals surface area contributed by atoms with E-state index < -0.39 is 5.91 Å². The van der Waals surface area contributed by atoms with Crippen LogP contribution >= 0.6 is 11.6 Å². The number of aryl methyl sites for hydroxylation is 1. The molecule has 0 spiro atoms. The maximum atomic E-state index is 12.2. The fraction of sp³-hybridized carbons (Fsp3) is 0.286. The summed E-state index contributed by atoms with van der Waals surface area (Å²) in [7, 11) is 0. The Morgan fingerprint density at radius 3 is 2.90 bits per heavy atom. The van der Waals surface area contributed by atoms with Gasteiger partial charge in [0.1, 0.15) is 5.75 Å². The molecule has 6 nitrogen and oxygen atoms in total. The number of ether oxygens (including phenoxy) is 1. The van der Waals surface area contributed by atoms with Gasteiger partial charge >= 0.3 is 0 Å². The van der Waals surface area contributed by atoms with E-state index in [-0.39, 0.29) is 5.69 Å². The topological polar surface area (TPSA) is 93.0 Å². The van der Waals surface area contributed by atoms with E-state index in [9.17, 15) is 4.79 Å². The van der Waals surface area contributed by atoms with Gasteiger partial charge in [-0.25, -0.2) is 0 Å². The fourth-order valence-corrected chi connectivity index (χ4v) is 1.90. The Kier molecular flexibility index (Phi) is 4.70. The van der Waals surface area contributed by atoms with Crippen LogP contribution in [-0.4, -0.2) is 22.7 Å². The van der Waals surface area contributed by atoms with E-state index in [1.54, 1.807) is 25.1 Å². The predicted octanol–water partition coefficient (Wildman–Crippen LogP) is 2.99. The highest BCUT2D eigenvalue weighted by Gasteiger charge is 2.17. The molecule has 1 amide bonds. The Hall–Kier alpha value is -2.21. The molecule has 0 aliphatic rings. The summed E-state index contributed by atoms with van der Waals surface area (Å²) in [5.41, 5.74) is 7.40. The Morgan fingerprint density at radius 2 is 2.29 bits per heavy atom. The number of rotatable bonds is 5. The molecule has 0 atom stereocenters. The highest BCUT2D eigenvalue weighted by Crippen LogP contribution is 2.29. The largest absolute Gasteiger partial charge is 0.491 e. The van der Waals surface area contributed by atoms with Crippen molar-refractivity contribution in [2.45, 2.75) is 20.3 Å². The van der Waals surface area contributed by atoms with E-state index in [4.69, 9.17) is 22.1 Å². The third-order valence-electron chi connectivity index (χ3n) is 2.86. The van der Waals surface area contributed by atoms with Crippen LogP contribution in [0.4, 0.5) is 11.4 Å². The molecule has 0 aliphatic carbocycles. The minimum absolute atomic E-state index is 0.147. The van der Waals surface area contributed by atoms with Gasteiger partial charge in [0.25, 0.3) is 5.91 Å². The highest BCUT2D eigenvalue weighted by molar-refractivity contribution is 6.31. The van der Waals surface area contributed by atoms with Crippen molar-refractivity contribution in [3.05, 3.63) is 34.6 Å². The number of nitrogen functional groups attached to an aromatic ring is 1. The Morgan fingerprint density at radius 1 is 1.52 bits per heavy atom. The van der Waals surface area contributed by atoms with Gasteiger partial charge in [0, 0.05) is 5.02 Å². The lowest BCUT2D eigenvalue weighted by molar-refractivity contribution is 0.102. The summed E-state index contributed by atoms with van der Waals surface area (Å²) in [5, 5.41) is 9.78. The molecule has 21 heavy (non-hydrogen) atoms. The number of carbonyl (C=O) groups excluding carboxylic acids is 1. The second kappa shape index (κ2) is 6.49. The smallest absolute Gasteiger partial charge is 0.278 e. The minimum Gasteiger partial charge on any atom is -0.491 e. The first-order valence-electron chi connectivity index (χ1n) is 6.57. The van der Waals surface area contributed by atoms with Gasteiger partial charge < -0.3 is 15.8 Å². The number of nitrogens with one attached hydrogen (secondary N) is 2. The van der Waals surface area contributed by atoms with Crippen LogP contribution in [0.15, 0.2) is 18.2 Å². The van der Waals surface area contributed by atoms with Crippen LogP contribution in [0.1, 0.15) is 29.5 Å². The Labute approximate surface area is 127 Å². The maximum Gasteiger partial charge on any atom is 0.278 e. The first-order valence-corrected chi connectivity index (χ1v) is 6.94. The first-order chi connectivity index (χ1) is 10.0. The standard InChI is InChI=1S/C14H17ClN4O2/c1-3-6-21-11-5-4-9(15)7-10(11)17-14(20)13-12(16)8(2)18-19-13/h4-5,7H,3,6,16H2,1-2H3,(H,17,20)(H,18,19). The summed E-state index contributed by atoms with van der Waals surface area (Å²) in [5.74, 6) is 0.140. The summed E-state index contributed by atoms with van der Waals surface area (Å²) in [4.78, 5) is 12.2. The van der Waals surface area contributed by atoms with E-state index in [0.717, 1.165) is 6.42 Å². The number of nitrogens with zero attached hydrogens (tertiary/aromatic N) is 1. The quantitative estimate of drug-likeness (QED) is 0.791. The third kappa shape index (κ3) is 3.46. The molecule has 1 aromatic heterocycles. The molecule has 0 radical (unpaired) electrons. The first kappa shape index (κ1) is 15.2. The summed E-state index contributed by atoms with van der Waals surface area (Å²) >= 11 is 5.96. The van der Waals surface area contributed by atoms with Crippen LogP contribution in [-0.2, 0) is 0 Å². The molecule has 1 heterocycles. The number of amides is 1. The molecule has 0 unspecified atom stereocenters. The van der Waals surface area contributed by atoms with Crippen molar-refractivity contribution in [2.24, 2.45) is 0 Å². The van der Waals surface area contributed by atoms with Crippen molar-refractivity contribution in [3.63, 3.8) is 0 Å². The Bertz CT molecular complexity index is 654. The number of nitrogens with two attached hydrogens (primary N) is 1. The Balaban J connectivity index is 2.23. The van der Waals surface area contributed by atoms with Crippen LogP contribution in [0.3, 0.4) is 0 Å². The maximum absolute atomic E-state index is 12.2. The number of hydrogen-bond acceptors (Lipinski definition) is 4. The lowest BCUT2D eigenvalue weighted by Crippen LogP contribution is -2.15. The summed E-state index contributed by atoms with van der Waals surface area (Å²) in [6, 6.07) is 5.04. The average molecular weight is 309 g/mol. The molecular weight excluding hydrogens is 292 g/mol. The molecular formula is C14H17ClN4O2. The number of carbonyl (C=O) groups is 1. The molecule has 0 aliphatic heterocycles. The van der Waals surface area contributed by atoms with Gasteiger partial charge in [-0.05, 0) is 31.5 Å². The number of anilines is 2. The van der Waals surface area contributed by atoms with Crippen molar-refractivity contribution >= 4 is 28.9 Å². The van der Waals surface area contributed by atoms with E-state index in [2.05, 4.69) is 15.5 Å². The van der Waals surface area contributed by atoms with Crippen LogP contribution in [0.5, 0.6) is 5.75 Å². The van der Waals surface area contributed by atoms with Crippen LogP contribution in [0.2, 0.25) is 5.02 Å². The molecule has 4 N–H and O–H groups in total.